The number of methoxy groups -OCH3 is 2. The van der Waals surface area contributed by atoms with Crippen LogP contribution in [0.2, 0.25) is 0 Å². The summed E-state index contributed by atoms with van der Waals surface area (Å²) in [6.45, 7) is 2.01. The molecule has 2 aromatic carbocycles. The molecule has 0 saturated carbocycles. The van der Waals surface area contributed by atoms with E-state index in [9.17, 15) is 9.59 Å². The maximum atomic E-state index is 13.0. The monoisotopic (exact) mass is 394 g/mol. The van der Waals surface area contributed by atoms with Gasteiger partial charge in [0.2, 0.25) is 0 Å². The van der Waals surface area contributed by atoms with Crippen molar-refractivity contribution in [2.75, 3.05) is 33.9 Å². The van der Waals surface area contributed by atoms with Gasteiger partial charge in [-0.15, -0.1) is 0 Å². The van der Waals surface area contributed by atoms with Crippen molar-refractivity contribution in [3.05, 3.63) is 59.2 Å². The summed E-state index contributed by atoms with van der Waals surface area (Å²) in [6.07, 6.45) is 2.47. The van der Waals surface area contributed by atoms with Crippen LogP contribution >= 0.6 is 0 Å². The molecule has 6 nitrogen and oxygen atoms in total. The van der Waals surface area contributed by atoms with Crippen LogP contribution in [0, 0.1) is 0 Å². The fourth-order valence-corrected chi connectivity index (χ4v) is 4.32. The van der Waals surface area contributed by atoms with E-state index in [1.165, 1.54) is 0 Å². The number of fused-ring (bicyclic) bond motifs is 1. The lowest BCUT2D eigenvalue weighted by Gasteiger charge is -2.40. The molecule has 2 aromatic rings. The van der Waals surface area contributed by atoms with Crippen LogP contribution in [0.3, 0.4) is 0 Å². The van der Waals surface area contributed by atoms with Crippen molar-refractivity contribution in [1.82, 2.24) is 9.80 Å². The zero-order valence-electron chi connectivity index (χ0n) is 16.9. The molecule has 0 aromatic heterocycles. The summed E-state index contributed by atoms with van der Waals surface area (Å²) in [5.41, 5.74) is 2.49. The van der Waals surface area contributed by atoms with Gasteiger partial charge in [0.1, 0.15) is 11.5 Å². The quantitative estimate of drug-likeness (QED) is 0.800. The maximum Gasteiger partial charge on any atom is 0.257 e. The highest BCUT2D eigenvalue weighted by atomic mass is 16.5. The molecule has 6 heteroatoms. The van der Waals surface area contributed by atoms with Gasteiger partial charge in [0.15, 0.2) is 0 Å². The fraction of sp³-hybridized carbons (Fsp3) is 0.391. The predicted molar refractivity (Wildman–Crippen MR) is 110 cm³/mol. The Bertz CT molecular complexity index is 919. The van der Waals surface area contributed by atoms with Crippen molar-refractivity contribution in [1.29, 1.82) is 0 Å². The standard InChI is InChI=1S/C23H26N2O4/c1-28-18-7-8-20(21(15-18)29-2)22(26)24-12-10-17(11-13-24)25-14-9-16-5-3-4-6-19(16)23(25)27/h3-8,15,17H,9-14H2,1-2H3. The number of likely N-dealkylation sites (tertiary alicyclic amines) is 1. The first-order valence-electron chi connectivity index (χ1n) is 10.0. The first kappa shape index (κ1) is 19.3. The molecule has 152 valence electrons. The van der Waals surface area contributed by atoms with Gasteiger partial charge < -0.3 is 19.3 Å². The van der Waals surface area contributed by atoms with Gasteiger partial charge in [-0.05, 0) is 43.0 Å². The number of piperidine rings is 1. The minimum Gasteiger partial charge on any atom is -0.497 e. The van der Waals surface area contributed by atoms with Gasteiger partial charge in [-0.25, -0.2) is 0 Å². The summed E-state index contributed by atoms with van der Waals surface area (Å²) in [7, 11) is 3.14. The van der Waals surface area contributed by atoms with Crippen molar-refractivity contribution in [2.45, 2.75) is 25.3 Å². The highest BCUT2D eigenvalue weighted by molar-refractivity contribution is 5.98. The van der Waals surface area contributed by atoms with Crippen LogP contribution in [0.5, 0.6) is 11.5 Å². The number of nitrogens with zero attached hydrogens (tertiary/aromatic N) is 2. The Morgan fingerprint density at radius 2 is 1.76 bits per heavy atom. The van der Waals surface area contributed by atoms with Gasteiger partial charge >= 0.3 is 0 Å². The minimum absolute atomic E-state index is 0.0433. The molecule has 0 atom stereocenters. The number of amides is 2. The Morgan fingerprint density at radius 3 is 2.48 bits per heavy atom. The second-order valence-electron chi connectivity index (χ2n) is 7.50. The molecule has 0 unspecified atom stereocenters. The Morgan fingerprint density at radius 1 is 1.00 bits per heavy atom. The number of carbonyl (C=O) groups is 2. The number of hydrogen-bond acceptors (Lipinski definition) is 4. The molecule has 1 fully saturated rings. The van der Waals surface area contributed by atoms with Gasteiger partial charge in [0, 0.05) is 37.3 Å². The van der Waals surface area contributed by atoms with E-state index in [0.717, 1.165) is 36.9 Å². The van der Waals surface area contributed by atoms with E-state index in [2.05, 4.69) is 0 Å². The fourth-order valence-electron chi connectivity index (χ4n) is 4.32. The van der Waals surface area contributed by atoms with Gasteiger partial charge in [-0.2, -0.15) is 0 Å². The zero-order valence-corrected chi connectivity index (χ0v) is 16.9. The van der Waals surface area contributed by atoms with Crippen LogP contribution in [0.15, 0.2) is 42.5 Å². The first-order valence-corrected chi connectivity index (χ1v) is 10.0. The summed E-state index contributed by atoms with van der Waals surface area (Å²) >= 11 is 0. The van der Waals surface area contributed by atoms with Crippen LogP contribution < -0.4 is 9.47 Å². The van der Waals surface area contributed by atoms with E-state index in [0.29, 0.717) is 30.2 Å². The third-order valence-corrected chi connectivity index (χ3v) is 5.96. The van der Waals surface area contributed by atoms with Gasteiger partial charge in [0.05, 0.1) is 19.8 Å². The Balaban J connectivity index is 1.42. The lowest BCUT2D eigenvalue weighted by atomic mass is 9.94. The third-order valence-electron chi connectivity index (χ3n) is 5.96. The van der Waals surface area contributed by atoms with Crippen LogP contribution in [-0.4, -0.2) is 61.5 Å². The van der Waals surface area contributed by atoms with Crippen molar-refractivity contribution in [3.63, 3.8) is 0 Å². The summed E-state index contributed by atoms with van der Waals surface area (Å²) in [4.78, 5) is 29.8. The van der Waals surface area contributed by atoms with Gasteiger partial charge in [-0.3, -0.25) is 9.59 Å². The molecule has 2 aliphatic rings. The van der Waals surface area contributed by atoms with Crippen molar-refractivity contribution in [3.8, 4) is 11.5 Å². The average molecular weight is 394 g/mol. The SMILES string of the molecule is COc1ccc(C(=O)N2CCC(N3CCc4ccccc4C3=O)CC2)c(OC)c1. The minimum atomic E-state index is -0.0433. The zero-order chi connectivity index (χ0) is 20.4. The van der Waals surface area contributed by atoms with Crippen molar-refractivity contribution < 1.29 is 19.1 Å². The summed E-state index contributed by atoms with van der Waals surface area (Å²) in [5, 5.41) is 0. The molecule has 0 spiro atoms. The Hall–Kier alpha value is -3.02. The number of rotatable bonds is 4. The first-order chi connectivity index (χ1) is 14.1. The van der Waals surface area contributed by atoms with Crippen LogP contribution in [-0.2, 0) is 6.42 Å². The molecule has 1 saturated heterocycles. The van der Waals surface area contributed by atoms with Crippen LogP contribution in [0.1, 0.15) is 39.1 Å². The van der Waals surface area contributed by atoms with E-state index in [4.69, 9.17) is 9.47 Å². The second-order valence-corrected chi connectivity index (χ2v) is 7.50. The number of ether oxygens (including phenoxy) is 2. The molecule has 0 radical (unpaired) electrons. The van der Waals surface area contributed by atoms with Crippen molar-refractivity contribution in [2.24, 2.45) is 0 Å². The molecular formula is C23H26N2O4. The van der Waals surface area contributed by atoms with Crippen LogP contribution in [0.25, 0.3) is 0 Å². The smallest absolute Gasteiger partial charge is 0.257 e. The predicted octanol–water partition coefficient (Wildman–Crippen LogP) is 3.01. The molecule has 2 heterocycles. The molecule has 2 aliphatic heterocycles. The molecule has 0 N–H and O–H groups in total. The Labute approximate surface area is 171 Å². The summed E-state index contributed by atoms with van der Waals surface area (Å²) < 4.78 is 10.6. The molecule has 29 heavy (non-hydrogen) atoms. The summed E-state index contributed by atoms with van der Waals surface area (Å²) in [6, 6.07) is 13.3. The van der Waals surface area contributed by atoms with Crippen molar-refractivity contribution >= 4 is 11.8 Å². The topological polar surface area (TPSA) is 59.1 Å². The maximum absolute atomic E-state index is 13.0. The van der Waals surface area contributed by atoms with E-state index in [1.807, 2.05) is 34.1 Å². The number of carbonyl (C=O) groups excluding carboxylic acids is 2. The normalized spacial score (nSPS) is 17.1. The Kier molecular flexibility index (Phi) is 5.43. The van der Waals surface area contributed by atoms with Gasteiger partial charge in [0.25, 0.3) is 11.8 Å². The van der Waals surface area contributed by atoms with E-state index in [-0.39, 0.29) is 17.9 Å². The van der Waals surface area contributed by atoms with E-state index < -0.39 is 0 Å². The van der Waals surface area contributed by atoms with Crippen LogP contribution in [0.4, 0.5) is 0 Å². The van der Waals surface area contributed by atoms with E-state index >= 15 is 0 Å². The average Bonchev–Trinajstić information content (AvgIpc) is 2.78. The number of benzene rings is 2. The molecular weight excluding hydrogens is 368 g/mol. The molecule has 0 aliphatic carbocycles. The molecule has 2 amide bonds. The lowest BCUT2D eigenvalue weighted by molar-refractivity contribution is 0.0504. The highest BCUT2D eigenvalue weighted by Gasteiger charge is 2.33. The molecule has 4 rings (SSSR count). The summed E-state index contributed by atoms with van der Waals surface area (Å²) in [5.74, 6) is 1.24. The second kappa shape index (κ2) is 8.15. The van der Waals surface area contributed by atoms with Gasteiger partial charge in [-0.1, -0.05) is 18.2 Å². The lowest BCUT2D eigenvalue weighted by Crippen LogP contribution is -2.50. The highest BCUT2D eigenvalue weighted by Crippen LogP contribution is 2.29. The number of hydrogen-bond donors (Lipinski definition) is 0. The van der Waals surface area contributed by atoms with E-state index in [1.54, 1.807) is 32.4 Å². The molecule has 0 bridgehead atoms. The third kappa shape index (κ3) is 3.67. The largest absolute Gasteiger partial charge is 0.497 e.